The molecule has 1 rings (SSSR count). The van der Waals surface area contributed by atoms with E-state index in [1.165, 1.54) is 0 Å². The lowest BCUT2D eigenvalue weighted by Gasteiger charge is -2.23. The summed E-state index contributed by atoms with van der Waals surface area (Å²) in [5.74, 6) is 0.252. The van der Waals surface area contributed by atoms with Crippen molar-refractivity contribution < 1.29 is 4.79 Å². The van der Waals surface area contributed by atoms with Gasteiger partial charge >= 0.3 is 0 Å². The predicted molar refractivity (Wildman–Crippen MR) is 69.7 cm³/mol. The summed E-state index contributed by atoms with van der Waals surface area (Å²) in [6.07, 6.45) is 4.53. The van der Waals surface area contributed by atoms with E-state index in [0.717, 1.165) is 12.8 Å². The molecular formula is C13H20N4O. The molecule has 1 aromatic rings. The molecule has 1 heterocycles. The summed E-state index contributed by atoms with van der Waals surface area (Å²) in [6, 6.07) is 3.92. The SMILES string of the molecule is CCCC(C#N)(CCC)C(=O)Nc1ccn(C)n1. The zero-order valence-corrected chi connectivity index (χ0v) is 11.2. The van der Waals surface area contributed by atoms with Crippen molar-refractivity contribution in [1.82, 2.24) is 9.78 Å². The minimum absolute atomic E-state index is 0.243. The number of hydrogen-bond acceptors (Lipinski definition) is 3. The second-order valence-corrected chi connectivity index (χ2v) is 4.52. The Bertz CT molecular complexity index is 438. The van der Waals surface area contributed by atoms with Crippen LogP contribution in [0.1, 0.15) is 39.5 Å². The average Bonchev–Trinajstić information content (AvgIpc) is 2.74. The lowest BCUT2D eigenvalue weighted by Crippen LogP contribution is -2.35. The molecule has 0 fully saturated rings. The minimum Gasteiger partial charge on any atom is -0.308 e. The Morgan fingerprint density at radius 3 is 2.50 bits per heavy atom. The number of nitrogens with one attached hydrogen (secondary N) is 1. The van der Waals surface area contributed by atoms with E-state index in [-0.39, 0.29) is 5.91 Å². The first kappa shape index (κ1) is 14.2. The van der Waals surface area contributed by atoms with Crippen LogP contribution in [0.3, 0.4) is 0 Å². The quantitative estimate of drug-likeness (QED) is 0.840. The Hall–Kier alpha value is -1.83. The van der Waals surface area contributed by atoms with Crippen molar-refractivity contribution in [1.29, 1.82) is 5.26 Å². The molecule has 0 saturated heterocycles. The number of aryl methyl sites for hydroxylation is 1. The number of amides is 1. The highest BCUT2D eigenvalue weighted by atomic mass is 16.2. The summed E-state index contributed by atoms with van der Waals surface area (Å²) in [5.41, 5.74) is -0.930. The molecule has 0 radical (unpaired) electrons. The van der Waals surface area contributed by atoms with Gasteiger partial charge in [0.05, 0.1) is 6.07 Å². The van der Waals surface area contributed by atoms with Crippen molar-refractivity contribution in [2.24, 2.45) is 12.5 Å². The Morgan fingerprint density at radius 2 is 2.11 bits per heavy atom. The zero-order valence-electron chi connectivity index (χ0n) is 11.2. The van der Waals surface area contributed by atoms with Crippen LogP contribution in [0.4, 0.5) is 5.82 Å². The van der Waals surface area contributed by atoms with E-state index in [1.807, 2.05) is 13.8 Å². The first-order chi connectivity index (χ1) is 8.57. The van der Waals surface area contributed by atoms with Gasteiger partial charge in [-0.25, -0.2) is 0 Å². The molecule has 0 aliphatic heterocycles. The molecule has 1 aromatic heterocycles. The standard InChI is InChI=1S/C13H20N4O/c1-4-7-13(10-14,8-5-2)12(18)15-11-6-9-17(3)16-11/h6,9H,4-5,7-8H2,1-3H3,(H,15,16,18). The highest BCUT2D eigenvalue weighted by Crippen LogP contribution is 2.30. The van der Waals surface area contributed by atoms with Gasteiger partial charge in [0.2, 0.25) is 5.91 Å². The van der Waals surface area contributed by atoms with Gasteiger partial charge in [-0.15, -0.1) is 0 Å². The summed E-state index contributed by atoms with van der Waals surface area (Å²) >= 11 is 0. The molecule has 0 bridgehead atoms. The van der Waals surface area contributed by atoms with E-state index in [2.05, 4.69) is 16.5 Å². The molecule has 1 amide bonds. The molecule has 5 nitrogen and oxygen atoms in total. The predicted octanol–water partition coefficient (Wildman–Crippen LogP) is 2.47. The van der Waals surface area contributed by atoms with Crippen LogP contribution < -0.4 is 5.32 Å². The van der Waals surface area contributed by atoms with E-state index in [1.54, 1.807) is 24.0 Å². The van der Waals surface area contributed by atoms with Crippen molar-refractivity contribution in [2.75, 3.05) is 5.32 Å². The number of rotatable bonds is 6. The van der Waals surface area contributed by atoms with Crippen molar-refractivity contribution in [3.8, 4) is 6.07 Å². The van der Waals surface area contributed by atoms with Crippen molar-refractivity contribution in [3.05, 3.63) is 12.3 Å². The monoisotopic (exact) mass is 248 g/mol. The normalized spacial score (nSPS) is 11.0. The Kier molecular flexibility index (Phi) is 4.90. The number of carbonyl (C=O) groups is 1. The number of carbonyl (C=O) groups excluding carboxylic acids is 1. The number of nitriles is 1. The summed E-state index contributed by atoms with van der Waals surface area (Å²) in [6.45, 7) is 3.96. The van der Waals surface area contributed by atoms with E-state index in [0.29, 0.717) is 18.7 Å². The van der Waals surface area contributed by atoms with Gasteiger partial charge in [-0.2, -0.15) is 10.4 Å². The van der Waals surface area contributed by atoms with E-state index < -0.39 is 5.41 Å². The van der Waals surface area contributed by atoms with Crippen molar-refractivity contribution in [2.45, 2.75) is 39.5 Å². The Balaban J connectivity index is 2.85. The summed E-state index contributed by atoms with van der Waals surface area (Å²) in [5, 5.41) is 16.2. The lowest BCUT2D eigenvalue weighted by molar-refractivity contribution is -0.123. The molecule has 98 valence electrons. The summed E-state index contributed by atoms with van der Waals surface area (Å²) in [7, 11) is 1.78. The number of anilines is 1. The Morgan fingerprint density at radius 1 is 1.50 bits per heavy atom. The van der Waals surface area contributed by atoms with Crippen LogP contribution in [-0.4, -0.2) is 15.7 Å². The second-order valence-electron chi connectivity index (χ2n) is 4.52. The van der Waals surface area contributed by atoms with Gasteiger partial charge in [0.25, 0.3) is 0 Å². The third kappa shape index (κ3) is 3.10. The first-order valence-electron chi connectivity index (χ1n) is 6.30. The molecule has 0 saturated carbocycles. The lowest BCUT2D eigenvalue weighted by atomic mass is 9.80. The minimum atomic E-state index is -0.930. The molecule has 0 atom stereocenters. The van der Waals surface area contributed by atoms with Gasteiger partial charge < -0.3 is 5.32 Å². The highest BCUT2D eigenvalue weighted by molar-refractivity contribution is 5.96. The van der Waals surface area contributed by atoms with Crippen molar-refractivity contribution in [3.63, 3.8) is 0 Å². The molecule has 0 spiro atoms. The fourth-order valence-corrected chi connectivity index (χ4v) is 2.09. The van der Waals surface area contributed by atoms with Crippen LogP contribution in [0, 0.1) is 16.7 Å². The fraction of sp³-hybridized carbons (Fsp3) is 0.615. The second kappa shape index (κ2) is 6.20. The first-order valence-corrected chi connectivity index (χ1v) is 6.30. The van der Waals surface area contributed by atoms with Gasteiger partial charge in [-0.1, -0.05) is 26.7 Å². The zero-order chi connectivity index (χ0) is 13.6. The number of aromatic nitrogens is 2. The molecule has 0 aliphatic carbocycles. The summed E-state index contributed by atoms with van der Waals surface area (Å²) < 4.78 is 1.61. The largest absolute Gasteiger partial charge is 0.308 e. The van der Waals surface area contributed by atoms with Gasteiger partial charge in [-0.05, 0) is 12.8 Å². The van der Waals surface area contributed by atoms with E-state index in [9.17, 15) is 10.1 Å². The molecule has 0 aliphatic rings. The summed E-state index contributed by atoms with van der Waals surface area (Å²) in [4.78, 5) is 12.3. The van der Waals surface area contributed by atoms with Crippen LogP contribution in [0.25, 0.3) is 0 Å². The van der Waals surface area contributed by atoms with Crippen LogP contribution in [0.2, 0.25) is 0 Å². The maximum absolute atomic E-state index is 12.3. The fourth-order valence-electron chi connectivity index (χ4n) is 2.09. The molecule has 18 heavy (non-hydrogen) atoms. The van der Waals surface area contributed by atoms with Crippen molar-refractivity contribution >= 4 is 11.7 Å². The molecule has 5 heteroatoms. The van der Waals surface area contributed by atoms with Gasteiger partial charge in [0.1, 0.15) is 5.41 Å². The van der Waals surface area contributed by atoms with Gasteiger partial charge in [0, 0.05) is 19.3 Å². The molecule has 0 aromatic carbocycles. The van der Waals surface area contributed by atoms with Crippen LogP contribution in [-0.2, 0) is 11.8 Å². The number of hydrogen-bond donors (Lipinski definition) is 1. The smallest absolute Gasteiger partial charge is 0.246 e. The Labute approximate surface area is 108 Å². The highest BCUT2D eigenvalue weighted by Gasteiger charge is 2.37. The number of nitrogens with zero attached hydrogens (tertiary/aromatic N) is 3. The molecule has 0 unspecified atom stereocenters. The average molecular weight is 248 g/mol. The third-order valence-corrected chi connectivity index (χ3v) is 2.96. The maximum Gasteiger partial charge on any atom is 0.246 e. The van der Waals surface area contributed by atoms with Gasteiger partial charge in [-0.3, -0.25) is 9.48 Å². The van der Waals surface area contributed by atoms with Crippen LogP contribution in [0.15, 0.2) is 12.3 Å². The maximum atomic E-state index is 12.3. The van der Waals surface area contributed by atoms with E-state index in [4.69, 9.17) is 0 Å². The molecule has 1 N–H and O–H groups in total. The van der Waals surface area contributed by atoms with Crippen LogP contribution >= 0.6 is 0 Å². The van der Waals surface area contributed by atoms with Crippen LogP contribution in [0.5, 0.6) is 0 Å². The topological polar surface area (TPSA) is 70.7 Å². The third-order valence-electron chi connectivity index (χ3n) is 2.96. The van der Waals surface area contributed by atoms with E-state index >= 15 is 0 Å². The molecular weight excluding hydrogens is 228 g/mol. The van der Waals surface area contributed by atoms with Gasteiger partial charge in [0.15, 0.2) is 5.82 Å².